The van der Waals surface area contributed by atoms with Gasteiger partial charge in [-0.15, -0.1) is 0 Å². The Morgan fingerprint density at radius 1 is 1.86 bits per heavy atom. The van der Waals surface area contributed by atoms with Gasteiger partial charge in [0.25, 0.3) is 0 Å². The number of amides is 2. The molecular weight excluding hydrogens is 96.0 g/mol. The summed E-state index contributed by atoms with van der Waals surface area (Å²) in [7, 11) is 4.38. The molecule has 41 valence electrons. The summed E-state index contributed by atoms with van der Waals surface area (Å²) in [6.07, 6.45) is 0. The molecule has 0 rings (SSSR count). The second kappa shape index (κ2) is 3.42. The highest BCUT2D eigenvalue weighted by Gasteiger charge is 1.87. The first-order chi connectivity index (χ1) is 3.31. The van der Waals surface area contributed by atoms with Gasteiger partial charge in [-0.1, -0.05) is 0 Å². The molecule has 4 nitrogen and oxygen atoms in total. The Morgan fingerprint density at radius 3 is 2.57 bits per heavy atom. The predicted molar refractivity (Wildman–Crippen MR) is 24.0 cm³/mol. The molecule has 0 aliphatic heterocycles. The fraction of sp³-hybridized carbons (Fsp3) is 0.333. The van der Waals surface area contributed by atoms with Crippen LogP contribution in [0.5, 0.6) is 0 Å². The predicted octanol–water partition coefficient (Wildman–Crippen LogP) is -0.361. The van der Waals surface area contributed by atoms with Crippen molar-refractivity contribution in [3.63, 3.8) is 0 Å². The maximum absolute atomic E-state index is 10.0. The zero-order valence-corrected chi connectivity index (χ0v) is 4.02. The zero-order chi connectivity index (χ0) is 5.70. The van der Waals surface area contributed by atoms with Gasteiger partial charge in [-0.3, -0.25) is 4.84 Å². The summed E-state index contributed by atoms with van der Waals surface area (Å²) >= 11 is 0. The number of hydrogen-bond acceptors (Lipinski definition) is 2. The molecule has 0 saturated heterocycles. The van der Waals surface area contributed by atoms with E-state index in [9.17, 15) is 4.79 Å². The monoisotopic (exact) mass is 103 g/mol. The number of hydroxylamine groups is 1. The molecule has 0 fully saturated rings. The summed E-state index contributed by atoms with van der Waals surface area (Å²) in [6, 6.07) is -0.407. The minimum absolute atomic E-state index is 0.407. The lowest BCUT2D eigenvalue weighted by molar-refractivity contribution is 0.137. The van der Waals surface area contributed by atoms with Gasteiger partial charge in [0.2, 0.25) is 0 Å². The summed E-state index contributed by atoms with van der Waals surface area (Å²) in [5, 5.41) is 2.25. The van der Waals surface area contributed by atoms with Crippen LogP contribution in [-0.2, 0) is 4.84 Å². The van der Waals surface area contributed by atoms with Crippen LogP contribution in [0.4, 0.5) is 4.79 Å². The van der Waals surface area contributed by atoms with Crippen molar-refractivity contribution >= 4 is 6.03 Å². The molecule has 2 N–H and O–H groups in total. The normalized spacial score (nSPS) is 7.71. The Morgan fingerprint density at radius 2 is 2.43 bits per heavy atom. The second-order valence-electron chi connectivity index (χ2n) is 0.826. The summed E-state index contributed by atoms with van der Waals surface area (Å²) in [6.45, 7) is 0. The van der Waals surface area contributed by atoms with Gasteiger partial charge >= 0.3 is 6.03 Å². The van der Waals surface area contributed by atoms with Crippen LogP contribution in [0.25, 0.3) is 0 Å². The van der Waals surface area contributed by atoms with Crippen LogP contribution in [0.3, 0.4) is 0 Å². The van der Waals surface area contributed by atoms with E-state index in [0.717, 1.165) is 0 Å². The van der Waals surface area contributed by atoms with Gasteiger partial charge in [-0.25, -0.2) is 10.3 Å². The fourth-order valence-electron chi connectivity index (χ4n) is 0.117. The third-order valence-electron chi connectivity index (χ3n) is 0.392. The first kappa shape index (κ1) is 6.23. The minimum atomic E-state index is -0.407. The molecule has 0 saturated carbocycles. The minimum Gasteiger partial charge on any atom is -0.339 e. The van der Waals surface area contributed by atoms with E-state index in [2.05, 4.69) is 17.3 Å². The molecule has 0 aliphatic carbocycles. The van der Waals surface area contributed by atoms with Crippen molar-refractivity contribution in [2.24, 2.45) is 0 Å². The van der Waals surface area contributed by atoms with Crippen LogP contribution in [0.15, 0.2) is 0 Å². The first-order valence-corrected chi connectivity index (χ1v) is 1.70. The number of carbonyl (C=O) groups is 1. The summed E-state index contributed by atoms with van der Waals surface area (Å²) in [4.78, 5) is 14.0. The molecule has 0 aliphatic rings. The van der Waals surface area contributed by atoms with Crippen molar-refractivity contribution < 1.29 is 9.63 Å². The third kappa shape index (κ3) is 3.05. The van der Waals surface area contributed by atoms with E-state index >= 15 is 0 Å². The molecule has 0 heterocycles. The van der Waals surface area contributed by atoms with Crippen LogP contribution in [0.1, 0.15) is 0 Å². The quantitative estimate of drug-likeness (QED) is 0.445. The van der Waals surface area contributed by atoms with E-state index in [-0.39, 0.29) is 0 Å². The van der Waals surface area contributed by atoms with E-state index in [4.69, 9.17) is 0 Å². The van der Waals surface area contributed by atoms with E-state index < -0.39 is 6.03 Å². The summed E-state index contributed by atoms with van der Waals surface area (Å²) < 4.78 is 0. The molecule has 0 bridgehead atoms. The number of urea groups is 1. The highest BCUT2D eigenvalue weighted by molar-refractivity contribution is 5.72. The molecule has 1 radical (unpaired) electrons. The first-order valence-electron chi connectivity index (χ1n) is 1.70. The summed E-state index contributed by atoms with van der Waals surface area (Å²) in [5.41, 5.74) is 1.93. The van der Waals surface area contributed by atoms with E-state index in [1.54, 1.807) is 0 Å². The van der Waals surface area contributed by atoms with Crippen LogP contribution in [-0.4, -0.2) is 13.1 Å². The van der Waals surface area contributed by atoms with Gasteiger partial charge in [0, 0.05) is 7.05 Å². The van der Waals surface area contributed by atoms with E-state index in [0.29, 0.717) is 0 Å². The Hall–Kier alpha value is -0.770. The molecule has 0 aromatic rings. The van der Waals surface area contributed by atoms with Gasteiger partial charge in [-0.05, 0) is 0 Å². The Balaban J connectivity index is 3.00. The average molecular weight is 103 g/mol. The Kier molecular flexibility index (Phi) is 3.04. The Labute approximate surface area is 41.8 Å². The molecular formula is C3H7N2O2. The standard InChI is InChI=1S/C3H7N2O2/c1-4-3(6)5-7-2/h2H2,1H3,(H2,4,5,6). The largest absolute Gasteiger partial charge is 0.339 e. The van der Waals surface area contributed by atoms with Gasteiger partial charge < -0.3 is 5.32 Å². The van der Waals surface area contributed by atoms with E-state index in [1.165, 1.54) is 7.05 Å². The number of hydrogen-bond donors (Lipinski definition) is 2. The van der Waals surface area contributed by atoms with Crippen molar-refractivity contribution in [3.05, 3.63) is 7.11 Å². The number of rotatable bonds is 1. The highest BCUT2D eigenvalue weighted by atomic mass is 16.6. The second-order valence-corrected chi connectivity index (χ2v) is 0.826. The van der Waals surface area contributed by atoms with Crippen molar-refractivity contribution in [2.45, 2.75) is 0 Å². The topological polar surface area (TPSA) is 50.4 Å². The molecule has 4 heteroatoms. The van der Waals surface area contributed by atoms with Crippen molar-refractivity contribution in [1.29, 1.82) is 0 Å². The number of nitrogens with one attached hydrogen (secondary N) is 2. The van der Waals surface area contributed by atoms with Crippen LogP contribution in [0.2, 0.25) is 0 Å². The van der Waals surface area contributed by atoms with Crippen LogP contribution >= 0.6 is 0 Å². The van der Waals surface area contributed by atoms with Gasteiger partial charge in [0.1, 0.15) is 7.11 Å². The number of carbonyl (C=O) groups excluding carboxylic acids is 1. The lowest BCUT2D eigenvalue weighted by Crippen LogP contribution is -2.30. The molecule has 0 atom stereocenters. The average Bonchev–Trinajstić information content (AvgIpc) is 1.68. The van der Waals surface area contributed by atoms with Gasteiger partial charge in [0.15, 0.2) is 0 Å². The molecule has 2 amide bonds. The molecule has 0 unspecified atom stereocenters. The van der Waals surface area contributed by atoms with Crippen LogP contribution in [0, 0.1) is 7.11 Å². The SMILES string of the molecule is [CH2]ONC(=O)NC. The zero-order valence-electron chi connectivity index (χ0n) is 4.02. The lowest BCUT2D eigenvalue weighted by Gasteiger charge is -1.96. The molecule has 0 aromatic carbocycles. The smallest absolute Gasteiger partial charge is 0.338 e. The van der Waals surface area contributed by atoms with Crippen molar-refractivity contribution in [2.75, 3.05) is 7.05 Å². The van der Waals surface area contributed by atoms with Gasteiger partial charge in [0.05, 0.1) is 0 Å². The third-order valence-corrected chi connectivity index (χ3v) is 0.392. The van der Waals surface area contributed by atoms with Crippen molar-refractivity contribution in [3.8, 4) is 0 Å². The molecule has 0 spiro atoms. The highest BCUT2D eigenvalue weighted by Crippen LogP contribution is 1.57. The lowest BCUT2D eigenvalue weighted by atomic mass is 11.0. The molecule has 7 heavy (non-hydrogen) atoms. The maximum Gasteiger partial charge on any atom is 0.338 e. The fourth-order valence-corrected chi connectivity index (χ4v) is 0.117. The van der Waals surface area contributed by atoms with E-state index in [1.807, 2.05) is 5.48 Å². The van der Waals surface area contributed by atoms with Crippen molar-refractivity contribution in [1.82, 2.24) is 10.8 Å². The summed E-state index contributed by atoms with van der Waals surface area (Å²) in [5.74, 6) is 0. The van der Waals surface area contributed by atoms with Crippen LogP contribution < -0.4 is 10.8 Å². The van der Waals surface area contributed by atoms with Gasteiger partial charge in [-0.2, -0.15) is 0 Å². The molecule has 0 aromatic heterocycles. The maximum atomic E-state index is 10.0. The Bertz CT molecular complexity index is 64.0.